The molecule has 1 saturated heterocycles. The Balaban J connectivity index is 2.24. The van der Waals surface area contributed by atoms with Gasteiger partial charge in [-0.25, -0.2) is 0 Å². The van der Waals surface area contributed by atoms with Gasteiger partial charge >= 0.3 is 0 Å². The molecular weight excluding hydrogens is 166 g/mol. The molecule has 1 aliphatic heterocycles. The lowest BCUT2D eigenvalue weighted by Gasteiger charge is -2.18. The Bertz CT molecular complexity index is 312. The van der Waals surface area contributed by atoms with Crippen molar-refractivity contribution < 1.29 is 4.79 Å². The molecular formula is C9H11N3O. The standard InChI is InChI=1S/C9H11N3O/c1-12-8(13)6-11-9(12)7-4-2-3-5-10-7/h2-5,9,11H,6H2,1H3. The van der Waals surface area contributed by atoms with E-state index in [2.05, 4.69) is 10.3 Å². The van der Waals surface area contributed by atoms with E-state index in [0.717, 1.165) is 5.69 Å². The molecule has 1 aliphatic rings. The highest BCUT2D eigenvalue weighted by molar-refractivity contribution is 5.80. The third kappa shape index (κ3) is 1.40. The van der Waals surface area contributed by atoms with Crippen molar-refractivity contribution in [3.8, 4) is 0 Å². The van der Waals surface area contributed by atoms with Crippen LogP contribution in [0.5, 0.6) is 0 Å². The van der Waals surface area contributed by atoms with E-state index < -0.39 is 0 Å². The van der Waals surface area contributed by atoms with E-state index in [1.807, 2.05) is 18.2 Å². The van der Waals surface area contributed by atoms with E-state index in [9.17, 15) is 4.79 Å². The Kier molecular flexibility index (Phi) is 1.98. The van der Waals surface area contributed by atoms with Crippen LogP contribution in [0.4, 0.5) is 0 Å². The molecule has 1 atom stereocenters. The molecule has 0 aliphatic carbocycles. The van der Waals surface area contributed by atoms with Gasteiger partial charge in [-0.05, 0) is 12.1 Å². The van der Waals surface area contributed by atoms with Crippen LogP contribution in [0, 0.1) is 0 Å². The minimum absolute atomic E-state index is 0.0614. The third-order valence-corrected chi connectivity index (χ3v) is 2.20. The molecule has 68 valence electrons. The molecule has 1 amide bonds. The number of likely N-dealkylation sites (N-methyl/N-ethyl adjacent to an activating group) is 1. The van der Waals surface area contributed by atoms with E-state index in [1.54, 1.807) is 18.1 Å². The lowest BCUT2D eigenvalue weighted by molar-refractivity contribution is -0.126. The Morgan fingerprint density at radius 2 is 2.46 bits per heavy atom. The second-order valence-corrected chi connectivity index (χ2v) is 3.04. The molecule has 2 rings (SSSR count). The summed E-state index contributed by atoms with van der Waals surface area (Å²) in [5.74, 6) is 0.107. The van der Waals surface area contributed by atoms with Crippen molar-refractivity contribution in [2.45, 2.75) is 6.17 Å². The molecule has 0 radical (unpaired) electrons. The molecule has 4 heteroatoms. The van der Waals surface area contributed by atoms with Gasteiger partial charge in [-0.1, -0.05) is 6.07 Å². The monoisotopic (exact) mass is 177 g/mol. The van der Waals surface area contributed by atoms with Crippen LogP contribution in [0.3, 0.4) is 0 Å². The topological polar surface area (TPSA) is 45.2 Å². The molecule has 4 nitrogen and oxygen atoms in total. The number of nitrogens with zero attached hydrogens (tertiary/aromatic N) is 2. The fourth-order valence-corrected chi connectivity index (χ4v) is 1.43. The van der Waals surface area contributed by atoms with Crippen LogP contribution >= 0.6 is 0 Å². The normalized spacial score (nSPS) is 22.4. The zero-order chi connectivity index (χ0) is 9.26. The maximum Gasteiger partial charge on any atom is 0.237 e. The van der Waals surface area contributed by atoms with Crippen molar-refractivity contribution in [2.75, 3.05) is 13.6 Å². The Morgan fingerprint density at radius 1 is 1.62 bits per heavy atom. The van der Waals surface area contributed by atoms with Crippen molar-refractivity contribution in [3.05, 3.63) is 30.1 Å². The van der Waals surface area contributed by atoms with Crippen LogP contribution in [0.2, 0.25) is 0 Å². The van der Waals surface area contributed by atoms with Crippen LogP contribution in [0.25, 0.3) is 0 Å². The molecule has 13 heavy (non-hydrogen) atoms. The lowest BCUT2D eigenvalue weighted by atomic mass is 10.3. The van der Waals surface area contributed by atoms with Crippen LogP contribution in [0.15, 0.2) is 24.4 Å². The van der Waals surface area contributed by atoms with E-state index in [1.165, 1.54) is 0 Å². The van der Waals surface area contributed by atoms with Crippen molar-refractivity contribution in [2.24, 2.45) is 0 Å². The first-order chi connectivity index (χ1) is 6.29. The smallest absolute Gasteiger partial charge is 0.237 e. The van der Waals surface area contributed by atoms with E-state index >= 15 is 0 Å². The van der Waals surface area contributed by atoms with Crippen molar-refractivity contribution in [1.29, 1.82) is 0 Å². The fourth-order valence-electron chi connectivity index (χ4n) is 1.43. The van der Waals surface area contributed by atoms with Crippen molar-refractivity contribution >= 4 is 5.91 Å². The minimum atomic E-state index is -0.0614. The minimum Gasteiger partial charge on any atom is -0.323 e. The molecule has 1 aromatic rings. The number of hydrogen-bond acceptors (Lipinski definition) is 3. The summed E-state index contributed by atoms with van der Waals surface area (Å²) in [4.78, 5) is 17.1. The second kappa shape index (κ2) is 3.14. The Morgan fingerprint density at radius 3 is 3.00 bits per heavy atom. The first kappa shape index (κ1) is 8.19. The number of pyridine rings is 1. The molecule has 1 aromatic heterocycles. The fraction of sp³-hybridized carbons (Fsp3) is 0.333. The summed E-state index contributed by atoms with van der Waals surface area (Å²) in [5, 5.41) is 3.09. The molecule has 0 saturated carbocycles. The van der Waals surface area contributed by atoms with E-state index in [0.29, 0.717) is 6.54 Å². The number of nitrogens with one attached hydrogen (secondary N) is 1. The summed E-state index contributed by atoms with van der Waals surface area (Å²) in [6.07, 6.45) is 1.67. The molecule has 0 spiro atoms. The zero-order valence-electron chi connectivity index (χ0n) is 7.40. The van der Waals surface area contributed by atoms with Gasteiger partial charge in [0.1, 0.15) is 6.17 Å². The SMILES string of the molecule is CN1C(=O)CNC1c1ccccn1. The van der Waals surface area contributed by atoms with Gasteiger partial charge in [0.25, 0.3) is 0 Å². The third-order valence-electron chi connectivity index (χ3n) is 2.20. The maximum absolute atomic E-state index is 11.2. The average molecular weight is 177 g/mol. The van der Waals surface area contributed by atoms with Crippen molar-refractivity contribution in [3.63, 3.8) is 0 Å². The van der Waals surface area contributed by atoms with Crippen LogP contribution in [0.1, 0.15) is 11.9 Å². The number of hydrogen-bond donors (Lipinski definition) is 1. The highest BCUT2D eigenvalue weighted by Crippen LogP contribution is 2.17. The number of carbonyl (C=O) groups is 1. The number of aromatic nitrogens is 1. The number of amides is 1. The largest absolute Gasteiger partial charge is 0.323 e. The summed E-state index contributed by atoms with van der Waals surface area (Å²) < 4.78 is 0. The molecule has 2 heterocycles. The quantitative estimate of drug-likeness (QED) is 0.663. The van der Waals surface area contributed by atoms with Gasteiger partial charge in [0.15, 0.2) is 0 Å². The zero-order valence-corrected chi connectivity index (χ0v) is 7.40. The van der Waals surface area contributed by atoms with Gasteiger partial charge < -0.3 is 4.90 Å². The number of rotatable bonds is 1. The predicted octanol–water partition coefficient (Wildman–Crippen LogP) is 0.142. The highest BCUT2D eigenvalue weighted by Gasteiger charge is 2.28. The summed E-state index contributed by atoms with van der Waals surface area (Å²) in [6.45, 7) is 0.401. The van der Waals surface area contributed by atoms with Gasteiger partial charge in [-0.15, -0.1) is 0 Å². The molecule has 0 aromatic carbocycles. The van der Waals surface area contributed by atoms with E-state index in [4.69, 9.17) is 0 Å². The van der Waals surface area contributed by atoms with Gasteiger partial charge in [0, 0.05) is 13.2 Å². The summed E-state index contributed by atoms with van der Waals surface area (Å²) in [7, 11) is 1.78. The molecule has 0 bridgehead atoms. The number of carbonyl (C=O) groups excluding carboxylic acids is 1. The van der Waals surface area contributed by atoms with Crippen LogP contribution < -0.4 is 5.32 Å². The molecule has 1 N–H and O–H groups in total. The van der Waals surface area contributed by atoms with Crippen LogP contribution in [-0.2, 0) is 4.79 Å². The first-order valence-electron chi connectivity index (χ1n) is 4.19. The van der Waals surface area contributed by atoms with Gasteiger partial charge in [-0.2, -0.15) is 0 Å². The summed E-state index contributed by atoms with van der Waals surface area (Å²) in [5.41, 5.74) is 0.885. The van der Waals surface area contributed by atoms with Crippen molar-refractivity contribution in [1.82, 2.24) is 15.2 Å². The second-order valence-electron chi connectivity index (χ2n) is 3.04. The highest BCUT2D eigenvalue weighted by atomic mass is 16.2. The Labute approximate surface area is 76.6 Å². The van der Waals surface area contributed by atoms with Gasteiger partial charge in [-0.3, -0.25) is 15.1 Å². The summed E-state index contributed by atoms with van der Waals surface area (Å²) >= 11 is 0. The van der Waals surface area contributed by atoms with Gasteiger partial charge in [0.2, 0.25) is 5.91 Å². The lowest BCUT2D eigenvalue weighted by Crippen LogP contribution is -2.26. The average Bonchev–Trinajstić information content (AvgIpc) is 2.49. The summed E-state index contributed by atoms with van der Waals surface area (Å²) in [6, 6.07) is 5.69. The van der Waals surface area contributed by atoms with Gasteiger partial charge in [0.05, 0.1) is 12.2 Å². The van der Waals surface area contributed by atoms with Crippen LogP contribution in [-0.4, -0.2) is 29.4 Å². The molecule has 1 fully saturated rings. The maximum atomic E-state index is 11.2. The molecule has 1 unspecified atom stereocenters. The van der Waals surface area contributed by atoms with E-state index in [-0.39, 0.29) is 12.1 Å². The Hall–Kier alpha value is -1.42. The first-order valence-corrected chi connectivity index (χ1v) is 4.19. The predicted molar refractivity (Wildman–Crippen MR) is 47.8 cm³/mol.